The average molecular weight is 285 g/mol. The van der Waals surface area contributed by atoms with E-state index in [1.165, 1.54) is 6.07 Å². The number of rotatable bonds is 6. The highest BCUT2D eigenvalue weighted by Crippen LogP contribution is 2.22. The molecule has 4 nitrogen and oxygen atoms in total. The second kappa shape index (κ2) is 6.40. The summed E-state index contributed by atoms with van der Waals surface area (Å²) in [5, 5.41) is 13.9. The van der Waals surface area contributed by atoms with Gasteiger partial charge in [-0.3, -0.25) is 10.1 Å². The first-order valence-corrected chi connectivity index (χ1v) is 5.69. The van der Waals surface area contributed by atoms with Gasteiger partial charge in [0.05, 0.1) is 4.92 Å². The lowest BCUT2D eigenvalue weighted by Crippen LogP contribution is -2.15. The third-order valence-electron chi connectivity index (χ3n) is 2.08. The first kappa shape index (κ1) is 12.9. The van der Waals surface area contributed by atoms with Gasteiger partial charge in [0, 0.05) is 22.6 Å². The highest BCUT2D eigenvalue weighted by molar-refractivity contribution is 9.10. The molecule has 0 aliphatic rings. The van der Waals surface area contributed by atoms with Crippen LogP contribution in [0.25, 0.3) is 0 Å². The Bertz CT molecular complexity index is 394. The Morgan fingerprint density at radius 2 is 2.31 bits per heavy atom. The van der Waals surface area contributed by atoms with Crippen LogP contribution in [0.3, 0.4) is 0 Å². The van der Waals surface area contributed by atoms with Gasteiger partial charge < -0.3 is 5.32 Å². The average Bonchev–Trinajstić information content (AvgIpc) is 2.24. The van der Waals surface area contributed by atoms with Crippen molar-refractivity contribution in [2.75, 3.05) is 6.54 Å². The molecule has 1 rings (SSSR count). The van der Waals surface area contributed by atoms with Gasteiger partial charge in [0.1, 0.15) is 0 Å². The van der Waals surface area contributed by atoms with Gasteiger partial charge in [-0.2, -0.15) is 0 Å². The lowest BCUT2D eigenvalue weighted by molar-refractivity contribution is -0.385. The van der Waals surface area contributed by atoms with Gasteiger partial charge in [0.2, 0.25) is 0 Å². The molecule has 0 aliphatic carbocycles. The molecule has 0 aliphatic heterocycles. The molecule has 1 aromatic rings. The van der Waals surface area contributed by atoms with E-state index in [-0.39, 0.29) is 10.6 Å². The van der Waals surface area contributed by atoms with Gasteiger partial charge in [-0.25, -0.2) is 0 Å². The van der Waals surface area contributed by atoms with Crippen LogP contribution in [0.2, 0.25) is 0 Å². The summed E-state index contributed by atoms with van der Waals surface area (Å²) in [6.45, 7) is 4.87. The SMILES string of the molecule is C=CCCNCc1cc(Br)ccc1[N+](=O)[O-]. The van der Waals surface area contributed by atoms with E-state index >= 15 is 0 Å². The van der Waals surface area contributed by atoms with Crippen LogP contribution in [0.4, 0.5) is 5.69 Å². The second-order valence-electron chi connectivity index (χ2n) is 3.28. The van der Waals surface area contributed by atoms with E-state index in [4.69, 9.17) is 0 Å². The number of halogens is 1. The fraction of sp³-hybridized carbons (Fsp3) is 0.273. The molecule has 0 fully saturated rings. The van der Waals surface area contributed by atoms with Crippen molar-refractivity contribution < 1.29 is 4.92 Å². The maximum absolute atomic E-state index is 10.8. The molecule has 1 N–H and O–H groups in total. The van der Waals surface area contributed by atoms with E-state index in [0.29, 0.717) is 12.1 Å². The summed E-state index contributed by atoms with van der Waals surface area (Å²) < 4.78 is 0.846. The van der Waals surface area contributed by atoms with Crippen molar-refractivity contribution in [3.05, 3.63) is 51.0 Å². The summed E-state index contributed by atoms with van der Waals surface area (Å²) in [4.78, 5) is 10.4. The molecule has 0 amide bonds. The van der Waals surface area contributed by atoms with Crippen LogP contribution in [0.5, 0.6) is 0 Å². The van der Waals surface area contributed by atoms with Gasteiger partial charge in [-0.15, -0.1) is 6.58 Å². The highest BCUT2D eigenvalue weighted by Gasteiger charge is 2.12. The van der Waals surface area contributed by atoms with E-state index in [1.807, 2.05) is 6.08 Å². The molecule has 0 unspecified atom stereocenters. The van der Waals surface area contributed by atoms with Crippen LogP contribution in [-0.4, -0.2) is 11.5 Å². The quantitative estimate of drug-likeness (QED) is 0.378. The fourth-order valence-corrected chi connectivity index (χ4v) is 1.71. The maximum Gasteiger partial charge on any atom is 0.273 e. The van der Waals surface area contributed by atoms with Gasteiger partial charge in [-0.05, 0) is 25.1 Å². The molecule has 0 atom stereocenters. The highest BCUT2D eigenvalue weighted by atomic mass is 79.9. The third kappa shape index (κ3) is 3.75. The molecule has 5 heteroatoms. The summed E-state index contributed by atoms with van der Waals surface area (Å²) in [7, 11) is 0. The van der Waals surface area contributed by atoms with Crippen molar-refractivity contribution in [1.82, 2.24) is 5.32 Å². The summed E-state index contributed by atoms with van der Waals surface area (Å²) in [5.74, 6) is 0. The smallest absolute Gasteiger partial charge is 0.273 e. The molecule has 0 saturated heterocycles. The van der Waals surface area contributed by atoms with Crippen molar-refractivity contribution in [2.45, 2.75) is 13.0 Å². The number of nitro groups is 1. The second-order valence-corrected chi connectivity index (χ2v) is 4.20. The Morgan fingerprint density at radius 3 is 2.94 bits per heavy atom. The van der Waals surface area contributed by atoms with Gasteiger partial charge >= 0.3 is 0 Å². The number of nitrogens with one attached hydrogen (secondary N) is 1. The van der Waals surface area contributed by atoms with Crippen molar-refractivity contribution in [2.24, 2.45) is 0 Å². The van der Waals surface area contributed by atoms with E-state index in [2.05, 4.69) is 27.8 Å². The largest absolute Gasteiger partial charge is 0.312 e. The van der Waals surface area contributed by atoms with E-state index in [1.54, 1.807) is 12.1 Å². The molecule has 0 saturated carbocycles. The van der Waals surface area contributed by atoms with Crippen LogP contribution in [-0.2, 0) is 6.54 Å². The van der Waals surface area contributed by atoms with Crippen molar-refractivity contribution in [1.29, 1.82) is 0 Å². The minimum Gasteiger partial charge on any atom is -0.312 e. The summed E-state index contributed by atoms with van der Waals surface area (Å²) in [6.07, 6.45) is 2.66. The monoisotopic (exact) mass is 284 g/mol. The van der Waals surface area contributed by atoms with Crippen molar-refractivity contribution in [3.8, 4) is 0 Å². The molecule has 0 bridgehead atoms. The number of hydrogen-bond donors (Lipinski definition) is 1. The Hall–Kier alpha value is -1.20. The molecule has 16 heavy (non-hydrogen) atoms. The Kier molecular flexibility index (Phi) is 5.14. The number of nitrogens with zero attached hydrogens (tertiary/aromatic N) is 1. The Balaban J connectivity index is 2.72. The molecule has 0 aromatic heterocycles. The predicted molar refractivity (Wildman–Crippen MR) is 67.3 cm³/mol. The molecule has 0 heterocycles. The molecule has 0 radical (unpaired) electrons. The zero-order valence-electron chi connectivity index (χ0n) is 8.78. The molecular formula is C11H13BrN2O2. The van der Waals surface area contributed by atoms with Gasteiger partial charge in [0.15, 0.2) is 0 Å². The minimum atomic E-state index is -0.364. The number of hydrogen-bond acceptors (Lipinski definition) is 3. The number of benzene rings is 1. The minimum absolute atomic E-state index is 0.148. The van der Waals surface area contributed by atoms with E-state index in [0.717, 1.165) is 17.4 Å². The summed E-state index contributed by atoms with van der Waals surface area (Å²) in [5.41, 5.74) is 0.831. The summed E-state index contributed by atoms with van der Waals surface area (Å²) >= 11 is 3.30. The fourth-order valence-electron chi connectivity index (χ4n) is 1.30. The van der Waals surface area contributed by atoms with Crippen molar-refractivity contribution in [3.63, 3.8) is 0 Å². The van der Waals surface area contributed by atoms with Crippen LogP contribution < -0.4 is 5.32 Å². The molecular weight excluding hydrogens is 272 g/mol. The van der Waals surface area contributed by atoms with E-state index in [9.17, 15) is 10.1 Å². The zero-order chi connectivity index (χ0) is 12.0. The van der Waals surface area contributed by atoms with Gasteiger partial charge in [0.25, 0.3) is 5.69 Å². The predicted octanol–water partition coefficient (Wildman–Crippen LogP) is 3.02. The Labute approximate surface area is 103 Å². The third-order valence-corrected chi connectivity index (χ3v) is 2.57. The molecule has 1 aromatic carbocycles. The van der Waals surface area contributed by atoms with Crippen LogP contribution in [0.15, 0.2) is 35.3 Å². The van der Waals surface area contributed by atoms with Crippen LogP contribution >= 0.6 is 15.9 Å². The molecule has 86 valence electrons. The Morgan fingerprint density at radius 1 is 1.56 bits per heavy atom. The first-order chi connectivity index (χ1) is 7.65. The standard InChI is InChI=1S/C11H13BrN2O2/c1-2-3-6-13-8-9-7-10(12)4-5-11(9)14(15)16/h2,4-5,7,13H,1,3,6,8H2. The lowest BCUT2D eigenvalue weighted by Gasteiger charge is -2.05. The molecule has 0 spiro atoms. The zero-order valence-corrected chi connectivity index (χ0v) is 10.4. The first-order valence-electron chi connectivity index (χ1n) is 4.89. The topological polar surface area (TPSA) is 55.2 Å². The lowest BCUT2D eigenvalue weighted by atomic mass is 10.2. The maximum atomic E-state index is 10.8. The number of nitro benzene ring substituents is 1. The summed E-state index contributed by atoms with van der Waals surface area (Å²) in [6, 6.07) is 4.94. The normalized spacial score (nSPS) is 10.1. The van der Waals surface area contributed by atoms with Crippen LogP contribution in [0.1, 0.15) is 12.0 Å². The van der Waals surface area contributed by atoms with Gasteiger partial charge in [-0.1, -0.05) is 22.0 Å². The van der Waals surface area contributed by atoms with Crippen molar-refractivity contribution >= 4 is 21.6 Å². The van der Waals surface area contributed by atoms with Crippen LogP contribution in [0, 0.1) is 10.1 Å². The van der Waals surface area contributed by atoms with E-state index < -0.39 is 0 Å².